The van der Waals surface area contributed by atoms with E-state index >= 15 is 0 Å². The minimum absolute atomic E-state index is 0.503. The summed E-state index contributed by atoms with van der Waals surface area (Å²) in [6, 6.07) is 0. The highest BCUT2D eigenvalue weighted by Crippen LogP contribution is 2.26. The second-order valence-corrected chi connectivity index (χ2v) is 6.80. The highest BCUT2D eigenvalue weighted by atomic mass is 32.1. The summed E-state index contributed by atoms with van der Waals surface area (Å²) in [6.45, 7) is 13.4. The van der Waals surface area contributed by atoms with Crippen LogP contribution in [0.1, 0.15) is 48.7 Å². The minimum atomic E-state index is 0.503. The summed E-state index contributed by atoms with van der Waals surface area (Å²) in [6.07, 6.45) is 1.18. The van der Waals surface area contributed by atoms with Crippen LogP contribution in [0.15, 0.2) is 0 Å². The highest BCUT2D eigenvalue weighted by Gasteiger charge is 2.17. The molecule has 114 valence electrons. The van der Waals surface area contributed by atoms with Crippen LogP contribution in [0.2, 0.25) is 0 Å². The van der Waals surface area contributed by atoms with Gasteiger partial charge in [0.2, 0.25) is 0 Å². The average molecular weight is 297 g/mol. The van der Waals surface area contributed by atoms with Crippen molar-refractivity contribution in [1.29, 1.82) is 0 Å². The Morgan fingerprint density at radius 3 is 2.75 bits per heavy atom. The summed E-state index contributed by atoms with van der Waals surface area (Å²) in [5, 5.41) is 4.75. The van der Waals surface area contributed by atoms with Crippen LogP contribution in [-0.2, 0) is 17.8 Å². The van der Waals surface area contributed by atoms with Crippen molar-refractivity contribution in [2.24, 2.45) is 0 Å². The van der Waals surface area contributed by atoms with Crippen LogP contribution in [0.3, 0.4) is 0 Å². The standard InChI is InChI=1S/C15H27N3OS/c1-4-5-16-10-13-15(12(2)3)17-14(20-13)11-18-6-8-19-9-7-18/h12,16H,4-11H2,1-3H3. The van der Waals surface area contributed by atoms with Gasteiger partial charge in [-0.3, -0.25) is 4.90 Å². The smallest absolute Gasteiger partial charge is 0.107 e. The molecule has 1 fully saturated rings. The second-order valence-electron chi connectivity index (χ2n) is 5.64. The van der Waals surface area contributed by atoms with Gasteiger partial charge in [0.05, 0.1) is 25.5 Å². The zero-order chi connectivity index (χ0) is 14.4. The summed E-state index contributed by atoms with van der Waals surface area (Å²) in [7, 11) is 0. The second kappa shape index (κ2) is 8.08. The number of nitrogens with one attached hydrogen (secondary N) is 1. The summed E-state index contributed by atoms with van der Waals surface area (Å²) in [5.74, 6) is 0.503. The summed E-state index contributed by atoms with van der Waals surface area (Å²) in [4.78, 5) is 8.73. The monoisotopic (exact) mass is 297 g/mol. The molecule has 0 unspecified atom stereocenters. The van der Waals surface area contributed by atoms with Crippen LogP contribution >= 0.6 is 11.3 Å². The van der Waals surface area contributed by atoms with Crippen LogP contribution in [0.5, 0.6) is 0 Å². The minimum Gasteiger partial charge on any atom is -0.379 e. The number of hydrogen-bond donors (Lipinski definition) is 1. The number of ether oxygens (including phenoxy) is 1. The maximum atomic E-state index is 5.40. The molecule has 20 heavy (non-hydrogen) atoms. The quantitative estimate of drug-likeness (QED) is 0.785. The van der Waals surface area contributed by atoms with Gasteiger partial charge >= 0.3 is 0 Å². The van der Waals surface area contributed by atoms with Crippen molar-refractivity contribution in [2.45, 2.75) is 46.2 Å². The lowest BCUT2D eigenvalue weighted by molar-refractivity contribution is 0.0341. The third kappa shape index (κ3) is 4.52. The Hall–Kier alpha value is -0.490. The first-order chi connectivity index (χ1) is 9.70. The van der Waals surface area contributed by atoms with Gasteiger partial charge in [0.1, 0.15) is 5.01 Å². The van der Waals surface area contributed by atoms with Crippen molar-refractivity contribution < 1.29 is 4.74 Å². The zero-order valence-electron chi connectivity index (χ0n) is 12.9. The van der Waals surface area contributed by atoms with Gasteiger partial charge in [-0.15, -0.1) is 11.3 Å². The molecule has 0 radical (unpaired) electrons. The maximum Gasteiger partial charge on any atom is 0.107 e. The van der Waals surface area contributed by atoms with Crippen molar-refractivity contribution in [3.8, 4) is 0 Å². The molecule has 0 aromatic carbocycles. The van der Waals surface area contributed by atoms with Crippen LogP contribution in [-0.4, -0.2) is 42.7 Å². The topological polar surface area (TPSA) is 37.4 Å². The van der Waals surface area contributed by atoms with Gasteiger partial charge in [-0.1, -0.05) is 20.8 Å². The lowest BCUT2D eigenvalue weighted by Gasteiger charge is -2.25. The van der Waals surface area contributed by atoms with Crippen molar-refractivity contribution >= 4 is 11.3 Å². The zero-order valence-corrected chi connectivity index (χ0v) is 13.8. The predicted molar refractivity (Wildman–Crippen MR) is 84.3 cm³/mol. The number of morpholine rings is 1. The first-order valence-electron chi connectivity index (χ1n) is 7.70. The summed E-state index contributed by atoms with van der Waals surface area (Å²) >= 11 is 1.88. The Morgan fingerprint density at radius 2 is 2.10 bits per heavy atom. The van der Waals surface area contributed by atoms with E-state index in [1.807, 2.05) is 11.3 Å². The Labute approximate surface area is 126 Å². The first-order valence-corrected chi connectivity index (χ1v) is 8.51. The first kappa shape index (κ1) is 15.9. The molecule has 4 nitrogen and oxygen atoms in total. The van der Waals surface area contributed by atoms with E-state index < -0.39 is 0 Å². The fourth-order valence-corrected chi connectivity index (χ4v) is 3.62. The van der Waals surface area contributed by atoms with Gasteiger partial charge < -0.3 is 10.1 Å². The van der Waals surface area contributed by atoms with Gasteiger partial charge in [-0.05, 0) is 18.9 Å². The Balaban J connectivity index is 1.99. The van der Waals surface area contributed by atoms with E-state index in [9.17, 15) is 0 Å². The lowest BCUT2D eigenvalue weighted by Crippen LogP contribution is -2.35. The van der Waals surface area contributed by atoms with E-state index in [2.05, 4.69) is 31.0 Å². The molecule has 0 saturated carbocycles. The molecule has 0 aliphatic carbocycles. The largest absolute Gasteiger partial charge is 0.379 e. The number of nitrogens with zero attached hydrogens (tertiary/aromatic N) is 2. The van der Waals surface area contributed by atoms with E-state index in [1.165, 1.54) is 22.0 Å². The molecule has 1 aliphatic heterocycles. The van der Waals surface area contributed by atoms with Crippen LogP contribution in [0.4, 0.5) is 0 Å². The number of thiazole rings is 1. The normalized spacial score (nSPS) is 17.0. The van der Waals surface area contributed by atoms with Gasteiger partial charge in [-0.2, -0.15) is 0 Å². The molecule has 5 heteroatoms. The van der Waals surface area contributed by atoms with E-state index in [0.29, 0.717) is 5.92 Å². The van der Waals surface area contributed by atoms with Gasteiger partial charge in [0.25, 0.3) is 0 Å². The molecular formula is C15H27N3OS. The van der Waals surface area contributed by atoms with E-state index in [4.69, 9.17) is 9.72 Å². The van der Waals surface area contributed by atoms with Crippen molar-refractivity contribution in [3.05, 3.63) is 15.6 Å². The molecule has 1 N–H and O–H groups in total. The van der Waals surface area contributed by atoms with Gasteiger partial charge in [-0.25, -0.2) is 4.98 Å². The fourth-order valence-electron chi connectivity index (χ4n) is 2.39. The molecule has 2 rings (SSSR count). The van der Waals surface area contributed by atoms with Crippen LogP contribution in [0, 0.1) is 0 Å². The summed E-state index contributed by atoms with van der Waals surface area (Å²) < 4.78 is 5.40. The highest BCUT2D eigenvalue weighted by molar-refractivity contribution is 7.11. The van der Waals surface area contributed by atoms with E-state index in [1.54, 1.807) is 0 Å². The Kier molecular flexibility index (Phi) is 6.42. The molecule has 0 amide bonds. The fraction of sp³-hybridized carbons (Fsp3) is 0.800. The third-order valence-electron chi connectivity index (χ3n) is 3.49. The molecule has 2 heterocycles. The Morgan fingerprint density at radius 1 is 1.35 bits per heavy atom. The number of hydrogen-bond acceptors (Lipinski definition) is 5. The van der Waals surface area contributed by atoms with Crippen molar-refractivity contribution in [2.75, 3.05) is 32.8 Å². The molecule has 1 aromatic rings. The number of aromatic nitrogens is 1. The number of rotatable bonds is 7. The molecule has 1 aromatic heterocycles. The van der Waals surface area contributed by atoms with E-state index in [-0.39, 0.29) is 0 Å². The van der Waals surface area contributed by atoms with Gasteiger partial charge in [0, 0.05) is 24.5 Å². The van der Waals surface area contributed by atoms with E-state index in [0.717, 1.165) is 45.9 Å². The molecule has 0 bridgehead atoms. The van der Waals surface area contributed by atoms with Crippen LogP contribution < -0.4 is 5.32 Å². The van der Waals surface area contributed by atoms with Crippen molar-refractivity contribution in [3.63, 3.8) is 0 Å². The van der Waals surface area contributed by atoms with Crippen molar-refractivity contribution in [1.82, 2.24) is 15.2 Å². The third-order valence-corrected chi connectivity index (χ3v) is 4.55. The predicted octanol–water partition coefficient (Wildman–Crippen LogP) is 2.60. The maximum absolute atomic E-state index is 5.40. The van der Waals surface area contributed by atoms with Gasteiger partial charge in [0.15, 0.2) is 0 Å². The molecule has 1 aliphatic rings. The molecule has 0 spiro atoms. The van der Waals surface area contributed by atoms with Crippen LogP contribution in [0.25, 0.3) is 0 Å². The SMILES string of the molecule is CCCNCc1sc(CN2CCOCC2)nc1C(C)C. The Bertz CT molecular complexity index is 400. The lowest BCUT2D eigenvalue weighted by atomic mass is 10.1. The molecule has 0 atom stereocenters. The molecular weight excluding hydrogens is 270 g/mol. The molecule has 1 saturated heterocycles. The average Bonchev–Trinajstić information content (AvgIpc) is 2.83. The summed E-state index contributed by atoms with van der Waals surface area (Å²) in [5.41, 5.74) is 1.28.